The Labute approximate surface area is 126 Å². The quantitative estimate of drug-likeness (QED) is 0.876. The first-order valence-electron chi connectivity index (χ1n) is 6.22. The molecule has 0 amide bonds. The summed E-state index contributed by atoms with van der Waals surface area (Å²) >= 11 is 1.27. The Morgan fingerprint density at radius 3 is 2.33 bits per heavy atom. The predicted octanol–water partition coefficient (Wildman–Crippen LogP) is 2.28. The third kappa shape index (κ3) is 2.49. The Bertz CT molecular complexity index is 813. The van der Waals surface area contributed by atoms with Crippen LogP contribution < -0.4 is 11.3 Å². The minimum Gasteiger partial charge on any atom is -0.384 e. The molecule has 0 atom stereocenters. The van der Waals surface area contributed by atoms with Crippen LogP contribution >= 0.6 is 11.8 Å². The van der Waals surface area contributed by atoms with Gasteiger partial charge < -0.3 is 5.73 Å². The molecule has 1 aromatic carbocycles. The van der Waals surface area contributed by atoms with Gasteiger partial charge in [-0.3, -0.25) is 9.36 Å². The molecule has 21 heavy (non-hydrogen) atoms. The summed E-state index contributed by atoms with van der Waals surface area (Å²) in [7, 11) is 0. The number of nitrogens with zero attached hydrogens (tertiary/aromatic N) is 3. The number of anilines is 1. The summed E-state index contributed by atoms with van der Waals surface area (Å²) in [5.74, 6) is 0.695. The lowest BCUT2D eigenvalue weighted by Gasteiger charge is -2.14. The smallest absolute Gasteiger partial charge is 0.275 e. The zero-order chi connectivity index (χ0) is 15.4. The number of thioether (sulfide) groups is 1. The van der Waals surface area contributed by atoms with Gasteiger partial charge in [-0.15, -0.1) is 11.8 Å². The molecule has 2 aromatic rings. The molecule has 0 bridgehead atoms. The second-order valence-corrected chi connectivity index (χ2v) is 5.37. The Balaban J connectivity index is 2.91. The number of nitrogens with two attached hydrogens (primary N) is 1. The molecular formula is C15H12N4OS. The Morgan fingerprint density at radius 1 is 1.19 bits per heavy atom. The van der Waals surface area contributed by atoms with Crippen LogP contribution in [0.5, 0.6) is 0 Å². The number of hydrogen-bond donors (Lipinski definition) is 1. The molecule has 2 rings (SSSR count). The van der Waals surface area contributed by atoms with E-state index in [0.29, 0.717) is 16.3 Å². The number of nitrogen functional groups attached to an aromatic ring is 1. The molecule has 1 aromatic heterocycles. The van der Waals surface area contributed by atoms with Crippen molar-refractivity contribution in [2.75, 3.05) is 11.5 Å². The lowest BCUT2D eigenvalue weighted by Crippen LogP contribution is -2.26. The number of benzene rings is 1. The first-order valence-corrected chi connectivity index (χ1v) is 7.21. The molecule has 104 valence electrons. The van der Waals surface area contributed by atoms with Crippen LogP contribution in [0.4, 0.5) is 5.82 Å². The molecule has 0 unspecified atom stereocenters. The summed E-state index contributed by atoms with van der Waals surface area (Å²) in [5, 5.41) is 18.6. The predicted molar refractivity (Wildman–Crippen MR) is 82.3 cm³/mol. The van der Waals surface area contributed by atoms with Crippen LogP contribution in [0.25, 0.3) is 5.69 Å². The molecule has 0 radical (unpaired) electrons. The Kier molecular flexibility index (Phi) is 4.32. The van der Waals surface area contributed by atoms with Crippen LogP contribution in [0.1, 0.15) is 18.1 Å². The highest BCUT2D eigenvalue weighted by Crippen LogP contribution is 2.29. The fourth-order valence-corrected chi connectivity index (χ4v) is 2.86. The maximum atomic E-state index is 12.5. The van der Waals surface area contributed by atoms with Crippen LogP contribution in [0.15, 0.2) is 40.0 Å². The molecule has 0 fully saturated rings. The molecule has 5 nitrogen and oxygen atoms in total. The summed E-state index contributed by atoms with van der Waals surface area (Å²) in [4.78, 5) is 12.9. The lowest BCUT2D eigenvalue weighted by atomic mass is 10.1. The monoisotopic (exact) mass is 296 g/mol. The third-order valence-corrected chi connectivity index (χ3v) is 3.88. The number of pyridine rings is 1. The normalized spacial score (nSPS) is 9.86. The second-order valence-electron chi connectivity index (χ2n) is 4.10. The van der Waals surface area contributed by atoms with Crippen LogP contribution in [0.3, 0.4) is 0 Å². The van der Waals surface area contributed by atoms with Crippen molar-refractivity contribution >= 4 is 17.6 Å². The highest BCUT2D eigenvalue weighted by atomic mass is 32.2. The molecule has 0 aliphatic heterocycles. The van der Waals surface area contributed by atoms with Gasteiger partial charge in [-0.05, 0) is 17.9 Å². The largest absolute Gasteiger partial charge is 0.384 e. The fraction of sp³-hybridized carbons (Fsp3) is 0.133. The van der Waals surface area contributed by atoms with Gasteiger partial charge in [0.1, 0.15) is 29.1 Å². The summed E-state index contributed by atoms with van der Waals surface area (Å²) in [6.07, 6.45) is 0. The molecule has 2 N–H and O–H groups in total. The van der Waals surface area contributed by atoms with Gasteiger partial charge in [0.25, 0.3) is 5.56 Å². The summed E-state index contributed by atoms with van der Waals surface area (Å²) in [5.41, 5.74) is 6.15. The van der Waals surface area contributed by atoms with Gasteiger partial charge in [0.05, 0.1) is 10.6 Å². The molecule has 0 aliphatic carbocycles. The van der Waals surface area contributed by atoms with Crippen LogP contribution in [-0.2, 0) is 0 Å². The summed E-state index contributed by atoms with van der Waals surface area (Å²) in [6, 6.07) is 12.6. The molecule has 0 spiro atoms. The minimum atomic E-state index is -0.504. The van der Waals surface area contributed by atoms with Gasteiger partial charge in [0.15, 0.2) is 0 Å². The van der Waals surface area contributed by atoms with Crippen molar-refractivity contribution in [3.05, 3.63) is 51.8 Å². The zero-order valence-electron chi connectivity index (χ0n) is 11.3. The lowest BCUT2D eigenvalue weighted by molar-refractivity contribution is 0.968. The van der Waals surface area contributed by atoms with Gasteiger partial charge >= 0.3 is 0 Å². The molecular weight excluding hydrogens is 284 g/mol. The van der Waals surface area contributed by atoms with Gasteiger partial charge in [0, 0.05) is 0 Å². The number of aromatic nitrogens is 1. The van der Waals surface area contributed by atoms with E-state index in [2.05, 4.69) is 0 Å². The second kappa shape index (κ2) is 6.17. The van der Waals surface area contributed by atoms with E-state index in [9.17, 15) is 15.3 Å². The van der Waals surface area contributed by atoms with E-state index in [1.54, 1.807) is 24.3 Å². The zero-order valence-corrected chi connectivity index (χ0v) is 12.1. The maximum Gasteiger partial charge on any atom is 0.275 e. The van der Waals surface area contributed by atoms with Crippen LogP contribution in [0, 0.1) is 22.7 Å². The highest BCUT2D eigenvalue weighted by molar-refractivity contribution is 7.99. The standard InChI is InChI=1S/C15H12N4OS/c1-2-21-13-11(8-16)14(18)19(15(20)12(13)9-17)10-6-4-3-5-7-10/h3-7H,2,18H2,1H3. The molecule has 0 aliphatic rings. The first kappa shape index (κ1) is 14.7. The molecule has 1 heterocycles. The highest BCUT2D eigenvalue weighted by Gasteiger charge is 2.21. The molecule has 0 saturated carbocycles. The van der Waals surface area contributed by atoms with E-state index < -0.39 is 5.56 Å². The van der Waals surface area contributed by atoms with E-state index >= 15 is 0 Å². The van der Waals surface area contributed by atoms with Crippen molar-refractivity contribution in [2.45, 2.75) is 11.8 Å². The van der Waals surface area contributed by atoms with Crippen LogP contribution in [0.2, 0.25) is 0 Å². The van der Waals surface area contributed by atoms with E-state index in [1.165, 1.54) is 16.3 Å². The number of hydrogen-bond acceptors (Lipinski definition) is 5. The SMILES string of the molecule is CCSc1c(C#N)c(N)n(-c2ccccc2)c(=O)c1C#N. The van der Waals surface area contributed by atoms with Crippen molar-refractivity contribution < 1.29 is 0 Å². The number of para-hydroxylation sites is 1. The van der Waals surface area contributed by atoms with Gasteiger partial charge in [0.2, 0.25) is 0 Å². The Morgan fingerprint density at radius 2 is 1.81 bits per heavy atom. The van der Waals surface area contributed by atoms with Crippen molar-refractivity contribution in [3.63, 3.8) is 0 Å². The van der Waals surface area contributed by atoms with Gasteiger partial charge in [-0.1, -0.05) is 25.1 Å². The van der Waals surface area contributed by atoms with Crippen molar-refractivity contribution in [1.82, 2.24) is 4.57 Å². The van der Waals surface area contributed by atoms with E-state index in [1.807, 2.05) is 25.1 Å². The van der Waals surface area contributed by atoms with Crippen molar-refractivity contribution in [1.29, 1.82) is 10.5 Å². The van der Waals surface area contributed by atoms with Gasteiger partial charge in [-0.25, -0.2) is 0 Å². The van der Waals surface area contributed by atoms with Gasteiger partial charge in [-0.2, -0.15) is 10.5 Å². The Hall–Kier alpha value is -2.70. The van der Waals surface area contributed by atoms with E-state index in [4.69, 9.17) is 5.73 Å². The summed E-state index contributed by atoms with van der Waals surface area (Å²) < 4.78 is 1.21. The third-order valence-electron chi connectivity index (χ3n) is 2.89. The average molecular weight is 296 g/mol. The fourth-order valence-electron chi connectivity index (χ4n) is 2.00. The van der Waals surface area contributed by atoms with Crippen molar-refractivity contribution in [3.8, 4) is 17.8 Å². The average Bonchev–Trinajstić information content (AvgIpc) is 2.49. The molecule has 0 saturated heterocycles. The van der Waals surface area contributed by atoms with Crippen molar-refractivity contribution in [2.24, 2.45) is 0 Å². The topological polar surface area (TPSA) is 95.6 Å². The number of nitriles is 2. The minimum absolute atomic E-state index is 0.0450. The van der Waals surface area contributed by atoms with Crippen LogP contribution in [-0.4, -0.2) is 10.3 Å². The molecule has 6 heteroatoms. The number of rotatable bonds is 3. The maximum absolute atomic E-state index is 12.5. The van der Waals surface area contributed by atoms with E-state index in [0.717, 1.165) is 0 Å². The first-order chi connectivity index (χ1) is 10.2. The summed E-state index contributed by atoms with van der Waals surface area (Å²) in [6.45, 7) is 1.88. The van der Waals surface area contributed by atoms with E-state index in [-0.39, 0.29) is 16.9 Å².